The summed E-state index contributed by atoms with van der Waals surface area (Å²) < 4.78 is 30.8. The number of rotatable bonds is 3. The minimum absolute atomic E-state index is 0.112. The lowest BCUT2D eigenvalue weighted by molar-refractivity contribution is -0.115. The van der Waals surface area contributed by atoms with Crippen molar-refractivity contribution in [3.05, 3.63) is 88.1 Å². The summed E-state index contributed by atoms with van der Waals surface area (Å²) in [6.45, 7) is -0.294. The quantitative estimate of drug-likeness (QED) is 0.569. The van der Waals surface area contributed by atoms with Crippen LogP contribution in [0.4, 0.5) is 14.5 Å². The molecule has 0 spiro atoms. The number of carbonyl (C=O) groups excluding carboxylic acids is 1. The molecule has 2 aromatic heterocycles. The van der Waals surface area contributed by atoms with E-state index in [9.17, 15) is 18.4 Å². The molecule has 6 nitrogen and oxygen atoms in total. The molecule has 0 aliphatic carbocycles. The van der Waals surface area contributed by atoms with Gasteiger partial charge in [-0.15, -0.1) is 0 Å². The molecule has 0 radical (unpaired) electrons. The van der Waals surface area contributed by atoms with Crippen LogP contribution < -0.4 is 10.9 Å². The van der Waals surface area contributed by atoms with Gasteiger partial charge in [0.1, 0.15) is 18.0 Å². The molecule has 2 aromatic carbocycles. The van der Waals surface area contributed by atoms with Crippen LogP contribution in [-0.4, -0.2) is 20.4 Å². The number of nitrogens with zero attached hydrogens (tertiary/aromatic N) is 3. The van der Waals surface area contributed by atoms with Gasteiger partial charge in [0, 0.05) is 17.4 Å². The van der Waals surface area contributed by atoms with E-state index < -0.39 is 17.2 Å². The van der Waals surface area contributed by atoms with E-state index in [2.05, 4.69) is 15.3 Å². The number of pyridine rings is 1. The van der Waals surface area contributed by atoms with E-state index in [0.29, 0.717) is 16.8 Å². The van der Waals surface area contributed by atoms with Crippen LogP contribution in [0.3, 0.4) is 0 Å². The van der Waals surface area contributed by atoms with Gasteiger partial charge in [0.15, 0.2) is 5.65 Å². The third-order valence-electron chi connectivity index (χ3n) is 5.13. The molecule has 0 saturated carbocycles. The number of halogens is 2. The highest BCUT2D eigenvalue weighted by molar-refractivity contribution is 5.99. The fraction of sp³-hybridized carbons (Fsp3) is 0.0909. The molecule has 5 rings (SSSR count). The van der Waals surface area contributed by atoms with Crippen molar-refractivity contribution in [1.82, 2.24) is 14.5 Å². The first-order valence-electron chi connectivity index (χ1n) is 9.21. The summed E-state index contributed by atoms with van der Waals surface area (Å²) in [5, 5.41) is 3.00. The Hall–Kier alpha value is -3.94. The third-order valence-corrected chi connectivity index (χ3v) is 5.13. The maximum absolute atomic E-state index is 14.8. The number of carbonyl (C=O) groups is 1. The maximum Gasteiger partial charge on any atom is 0.263 e. The van der Waals surface area contributed by atoms with E-state index >= 15 is 0 Å². The van der Waals surface area contributed by atoms with Crippen molar-refractivity contribution in [2.24, 2.45) is 0 Å². The Labute approximate surface area is 168 Å². The van der Waals surface area contributed by atoms with E-state index in [-0.39, 0.29) is 35.5 Å². The van der Waals surface area contributed by atoms with Crippen LogP contribution in [0.25, 0.3) is 22.2 Å². The van der Waals surface area contributed by atoms with Crippen LogP contribution >= 0.6 is 0 Å². The van der Waals surface area contributed by atoms with Crippen molar-refractivity contribution < 1.29 is 13.6 Å². The number of aromatic nitrogens is 3. The van der Waals surface area contributed by atoms with Crippen LogP contribution in [-0.2, 0) is 17.8 Å². The number of hydrogen-bond acceptors (Lipinski definition) is 4. The van der Waals surface area contributed by atoms with Crippen molar-refractivity contribution in [1.29, 1.82) is 0 Å². The number of amides is 1. The zero-order chi connectivity index (χ0) is 20.8. The highest BCUT2D eigenvalue weighted by atomic mass is 19.1. The molecular weight excluding hydrogens is 390 g/mol. The maximum atomic E-state index is 14.8. The Bertz CT molecular complexity index is 1370. The van der Waals surface area contributed by atoms with Gasteiger partial charge in [0.2, 0.25) is 5.91 Å². The monoisotopic (exact) mass is 404 g/mol. The van der Waals surface area contributed by atoms with Gasteiger partial charge in [0.25, 0.3) is 5.56 Å². The summed E-state index contributed by atoms with van der Waals surface area (Å²) in [6.07, 6.45) is 2.98. The lowest BCUT2D eigenvalue weighted by Crippen LogP contribution is -2.22. The fourth-order valence-electron chi connectivity index (χ4n) is 3.61. The number of nitrogens with one attached hydrogen (secondary N) is 1. The highest BCUT2D eigenvalue weighted by Crippen LogP contribution is 2.31. The van der Waals surface area contributed by atoms with Gasteiger partial charge < -0.3 is 5.32 Å². The minimum Gasteiger partial charge on any atom is -0.326 e. The Morgan fingerprint density at radius 1 is 1.00 bits per heavy atom. The van der Waals surface area contributed by atoms with E-state index in [1.165, 1.54) is 24.7 Å². The summed E-state index contributed by atoms with van der Waals surface area (Å²) in [7, 11) is 0. The Kier molecular flexibility index (Phi) is 4.13. The Morgan fingerprint density at radius 3 is 2.60 bits per heavy atom. The van der Waals surface area contributed by atoms with Gasteiger partial charge in [-0.05, 0) is 53.1 Å². The van der Waals surface area contributed by atoms with Crippen molar-refractivity contribution in [3.8, 4) is 11.1 Å². The fourth-order valence-corrected chi connectivity index (χ4v) is 3.61. The molecule has 1 amide bonds. The molecule has 0 fully saturated rings. The van der Waals surface area contributed by atoms with E-state index in [1.807, 2.05) is 0 Å². The zero-order valence-electron chi connectivity index (χ0n) is 15.5. The van der Waals surface area contributed by atoms with Crippen LogP contribution in [0.5, 0.6) is 0 Å². The number of anilines is 1. The van der Waals surface area contributed by atoms with Crippen molar-refractivity contribution >= 4 is 22.6 Å². The molecule has 1 aliphatic rings. The average molecular weight is 404 g/mol. The molecule has 8 heteroatoms. The highest BCUT2D eigenvalue weighted by Gasteiger charge is 2.19. The summed E-state index contributed by atoms with van der Waals surface area (Å²) in [5.41, 5.74) is 2.06. The largest absolute Gasteiger partial charge is 0.326 e. The van der Waals surface area contributed by atoms with Gasteiger partial charge in [-0.2, -0.15) is 0 Å². The summed E-state index contributed by atoms with van der Waals surface area (Å²) in [6, 6.07) is 10.8. The molecule has 0 bridgehead atoms. The average Bonchev–Trinajstić information content (AvgIpc) is 3.11. The smallest absolute Gasteiger partial charge is 0.263 e. The Morgan fingerprint density at radius 2 is 1.80 bits per heavy atom. The first-order valence-corrected chi connectivity index (χ1v) is 9.21. The molecule has 4 aromatic rings. The van der Waals surface area contributed by atoms with E-state index in [0.717, 1.165) is 10.1 Å². The van der Waals surface area contributed by atoms with Crippen LogP contribution in [0.2, 0.25) is 0 Å². The molecule has 0 atom stereocenters. The number of fused-ring (bicyclic) bond motifs is 2. The van der Waals surface area contributed by atoms with Gasteiger partial charge in [0.05, 0.1) is 18.4 Å². The lowest BCUT2D eigenvalue weighted by Gasteiger charge is -2.11. The van der Waals surface area contributed by atoms with Gasteiger partial charge >= 0.3 is 0 Å². The van der Waals surface area contributed by atoms with Crippen molar-refractivity contribution in [3.63, 3.8) is 0 Å². The number of hydrogen-bond donors (Lipinski definition) is 1. The van der Waals surface area contributed by atoms with Crippen molar-refractivity contribution in [2.45, 2.75) is 13.0 Å². The summed E-state index contributed by atoms with van der Waals surface area (Å²) >= 11 is 0. The van der Waals surface area contributed by atoms with Gasteiger partial charge in [-0.1, -0.05) is 6.07 Å². The normalized spacial score (nSPS) is 12.8. The predicted octanol–water partition coefficient (Wildman–Crippen LogP) is 3.28. The zero-order valence-corrected chi connectivity index (χ0v) is 15.5. The Balaban J connectivity index is 1.51. The first-order chi connectivity index (χ1) is 14.5. The van der Waals surface area contributed by atoms with E-state index in [1.54, 1.807) is 30.3 Å². The van der Waals surface area contributed by atoms with Crippen LogP contribution in [0.15, 0.2) is 59.8 Å². The van der Waals surface area contributed by atoms with Crippen LogP contribution in [0.1, 0.15) is 11.1 Å². The second-order valence-corrected chi connectivity index (χ2v) is 7.07. The van der Waals surface area contributed by atoms with Crippen molar-refractivity contribution in [2.75, 3.05) is 5.32 Å². The second kappa shape index (κ2) is 6.84. The number of benzene rings is 2. The van der Waals surface area contributed by atoms with Gasteiger partial charge in [-0.3, -0.25) is 14.2 Å². The first kappa shape index (κ1) is 18.1. The second-order valence-electron chi connectivity index (χ2n) is 7.07. The SMILES string of the molecule is O=C1Cc2cc(-c3cc(F)c(Cn4cnc5ncccc5c4=O)c(F)c3)ccc2N1. The minimum atomic E-state index is -0.766. The van der Waals surface area contributed by atoms with Crippen LogP contribution in [0, 0.1) is 11.6 Å². The summed E-state index contributed by atoms with van der Waals surface area (Å²) in [4.78, 5) is 32.2. The molecule has 30 heavy (non-hydrogen) atoms. The third kappa shape index (κ3) is 3.02. The molecule has 1 N–H and O–H groups in total. The molecule has 1 aliphatic heterocycles. The topological polar surface area (TPSA) is 76.9 Å². The molecule has 0 saturated heterocycles. The molecule has 3 heterocycles. The molecule has 148 valence electrons. The van der Waals surface area contributed by atoms with E-state index in [4.69, 9.17) is 0 Å². The molecule has 0 unspecified atom stereocenters. The summed E-state index contributed by atoms with van der Waals surface area (Å²) in [5.74, 6) is -1.64. The molecular formula is C22H14F2N4O2. The predicted molar refractivity (Wildman–Crippen MR) is 107 cm³/mol. The van der Waals surface area contributed by atoms with Gasteiger partial charge in [-0.25, -0.2) is 18.7 Å². The standard InChI is InChI=1S/C22H14F2N4O2/c23-17-7-13(12-3-4-19-14(6-12)9-20(29)27-19)8-18(24)16(17)10-28-11-26-21-15(22(28)30)2-1-5-25-21/h1-8,11H,9-10H2,(H,27,29). The lowest BCUT2D eigenvalue weighted by atomic mass is 9.99.